The molecule has 0 saturated heterocycles. The standard InChI is InChI=1S/C14H23FN2O/c1-4-17(11(2)10-18-3)14-12(8-9-16)6-5-7-13(14)15/h5-7,11H,4,8-10,16H2,1-3H3. The molecule has 2 N–H and O–H groups in total. The van der Waals surface area contributed by atoms with Crippen LogP contribution in [0, 0.1) is 5.82 Å². The highest BCUT2D eigenvalue weighted by molar-refractivity contribution is 5.55. The van der Waals surface area contributed by atoms with Crippen molar-refractivity contribution < 1.29 is 9.13 Å². The molecule has 1 aromatic rings. The second-order valence-corrected chi connectivity index (χ2v) is 4.38. The zero-order valence-electron chi connectivity index (χ0n) is 11.4. The van der Waals surface area contributed by atoms with Crippen LogP contribution in [0.25, 0.3) is 0 Å². The molecule has 0 fully saturated rings. The number of nitrogens with two attached hydrogens (primary N) is 1. The van der Waals surface area contributed by atoms with Gasteiger partial charge in [-0.15, -0.1) is 0 Å². The van der Waals surface area contributed by atoms with Gasteiger partial charge in [0.05, 0.1) is 12.3 Å². The van der Waals surface area contributed by atoms with Crippen molar-refractivity contribution in [3.63, 3.8) is 0 Å². The Labute approximate surface area is 109 Å². The number of hydrogen-bond acceptors (Lipinski definition) is 3. The Morgan fingerprint density at radius 3 is 2.72 bits per heavy atom. The quantitative estimate of drug-likeness (QED) is 0.810. The predicted molar refractivity (Wildman–Crippen MR) is 73.5 cm³/mol. The van der Waals surface area contributed by atoms with Crippen molar-refractivity contribution in [1.29, 1.82) is 0 Å². The van der Waals surface area contributed by atoms with Gasteiger partial charge in [-0.25, -0.2) is 4.39 Å². The monoisotopic (exact) mass is 254 g/mol. The molecule has 102 valence electrons. The van der Waals surface area contributed by atoms with E-state index in [0.29, 0.717) is 25.3 Å². The molecule has 18 heavy (non-hydrogen) atoms. The maximum Gasteiger partial charge on any atom is 0.146 e. The number of ether oxygens (including phenoxy) is 1. The number of rotatable bonds is 7. The van der Waals surface area contributed by atoms with Gasteiger partial charge >= 0.3 is 0 Å². The summed E-state index contributed by atoms with van der Waals surface area (Å²) in [6, 6.07) is 5.30. The van der Waals surface area contributed by atoms with Crippen LogP contribution in [0.2, 0.25) is 0 Å². The van der Waals surface area contributed by atoms with Gasteiger partial charge in [0, 0.05) is 19.7 Å². The molecular formula is C14H23FN2O. The van der Waals surface area contributed by atoms with Gasteiger partial charge in [0.25, 0.3) is 0 Å². The topological polar surface area (TPSA) is 38.5 Å². The summed E-state index contributed by atoms with van der Waals surface area (Å²) >= 11 is 0. The van der Waals surface area contributed by atoms with Crippen LogP contribution < -0.4 is 10.6 Å². The smallest absolute Gasteiger partial charge is 0.146 e. The molecule has 0 heterocycles. The van der Waals surface area contributed by atoms with E-state index in [-0.39, 0.29) is 11.9 Å². The van der Waals surface area contributed by atoms with Crippen LogP contribution in [0.1, 0.15) is 19.4 Å². The molecular weight excluding hydrogens is 231 g/mol. The predicted octanol–water partition coefficient (Wildman–Crippen LogP) is 2.19. The largest absolute Gasteiger partial charge is 0.383 e. The third-order valence-corrected chi connectivity index (χ3v) is 3.05. The third kappa shape index (κ3) is 3.43. The van der Waals surface area contributed by atoms with Crippen molar-refractivity contribution >= 4 is 5.69 Å². The molecule has 1 rings (SSSR count). The van der Waals surface area contributed by atoms with Gasteiger partial charge < -0.3 is 15.4 Å². The summed E-state index contributed by atoms with van der Waals surface area (Å²) in [4.78, 5) is 2.03. The fourth-order valence-electron chi connectivity index (χ4n) is 2.26. The minimum atomic E-state index is -0.189. The van der Waals surface area contributed by atoms with Crippen LogP contribution in [0.15, 0.2) is 18.2 Å². The van der Waals surface area contributed by atoms with Gasteiger partial charge in [0.15, 0.2) is 0 Å². The van der Waals surface area contributed by atoms with E-state index >= 15 is 0 Å². The molecule has 0 radical (unpaired) electrons. The first-order valence-corrected chi connectivity index (χ1v) is 6.38. The van der Waals surface area contributed by atoms with Gasteiger partial charge in [0.2, 0.25) is 0 Å². The van der Waals surface area contributed by atoms with Crippen LogP contribution in [-0.4, -0.2) is 32.8 Å². The van der Waals surface area contributed by atoms with Gasteiger partial charge in [-0.3, -0.25) is 0 Å². The Kier molecular flexibility index (Phi) is 6.09. The van der Waals surface area contributed by atoms with Crippen LogP contribution in [0.5, 0.6) is 0 Å². The summed E-state index contributed by atoms with van der Waals surface area (Å²) in [5.74, 6) is -0.189. The van der Waals surface area contributed by atoms with Crippen molar-refractivity contribution in [1.82, 2.24) is 0 Å². The van der Waals surface area contributed by atoms with E-state index in [2.05, 4.69) is 0 Å². The zero-order chi connectivity index (χ0) is 13.5. The summed E-state index contributed by atoms with van der Waals surface area (Å²) in [6.07, 6.45) is 0.684. The van der Waals surface area contributed by atoms with E-state index in [1.165, 1.54) is 6.07 Å². The van der Waals surface area contributed by atoms with Crippen molar-refractivity contribution in [3.05, 3.63) is 29.6 Å². The molecule has 1 unspecified atom stereocenters. The molecule has 3 nitrogen and oxygen atoms in total. The van der Waals surface area contributed by atoms with Gasteiger partial charge in [-0.1, -0.05) is 12.1 Å². The molecule has 1 atom stereocenters. The normalized spacial score (nSPS) is 12.5. The number of para-hydroxylation sites is 1. The van der Waals surface area contributed by atoms with E-state index in [1.54, 1.807) is 13.2 Å². The van der Waals surface area contributed by atoms with E-state index in [0.717, 1.165) is 12.1 Å². The first-order valence-electron chi connectivity index (χ1n) is 6.38. The van der Waals surface area contributed by atoms with Crippen LogP contribution in [0.3, 0.4) is 0 Å². The molecule has 4 heteroatoms. The maximum atomic E-state index is 14.1. The molecule has 0 aliphatic heterocycles. The van der Waals surface area contributed by atoms with E-state index < -0.39 is 0 Å². The fourth-order valence-corrected chi connectivity index (χ4v) is 2.26. The van der Waals surface area contributed by atoms with Crippen LogP contribution in [-0.2, 0) is 11.2 Å². The lowest BCUT2D eigenvalue weighted by molar-refractivity contribution is 0.181. The summed E-state index contributed by atoms with van der Waals surface area (Å²) in [5.41, 5.74) is 7.21. The van der Waals surface area contributed by atoms with Crippen LogP contribution >= 0.6 is 0 Å². The van der Waals surface area contributed by atoms with Crippen LogP contribution in [0.4, 0.5) is 10.1 Å². The number of nitrogens with zero attached hydrogens (tertiary/aromatic N) is 1. The highest BCUT2D eigenvalue weighted by Crippen LogP contribution is 2.26. The van der Waals surface area contributed by atoms with Crippen molar-refractivity contribution in [3.8, 4) is 0 Å². The number of anilines is 1. The molecule has 0 amide bonds. The molecule has 0 aliphatic rings. The maximum absolute atomic E-state index is 14.1. The zero-order valence-corrected chi connectivity index (χ0v) is 11.4. The molecule has 0 aromatic heterocycles. The Morgan fingerprint density at radius 2 is 2.17 bits per heavy atom. The summed E-state index contributed by atoms with van der Waals surface area (Å²) in [6.45, 7) is 5.89. The minimum absolute atomic E-state index is 0.133. The molecule has 0 saturated carbocycles. The van der Waals surface area contributed by atoms with Crippen molar-refractivity contribution in [2.24, 2.45) is 5.73 Å². The Balaban J connectivity index is 3.10. The summed E-state index contributed by atoms with van der Waals surface area (Å²) < 4.78 is 19.2. The van der Waals surface area contributed by atoms with E-state index in [9.17, 15) is 4.39 Å². The van der Waals surface area contributed by atoms with Gasteiger partial charge in [0.1, 0.15) is 5.82 Å². The summed E-state index contributed by atoms with van der Waals surface area (Å²) in [5, 5.41) is 0. The molecule has 0 aliphatic carbocycles. The fraction of sp³-hybridized carbons (Fsp3) is 0.571. The van der Waals surface area contributed by atoms with Gasteiger partial charge in [-0.2, -0.15) is 0 Å². The average Bonchev–Trinajstić information content (AvgIpc) is 2.34. The molecule has 0 bridgehead atoms. The van der Waals surface area contributed by atoms with E-state index in [4.69, 9.17) is 10.5 Å². The Bertz CT molecular complexity index is 371. The first-order chi connectivity index (χ1) is 8.65. The summed E-state index contributed by atoms with van der Waals surface area (Å²) in [7, 11) is 1.66. The van der Waals surface area contributed by atoms with Crippen molar-refractivity contribution in [2.75, 3.05) is 31.7 Å². The average molecular weight is 254 g/mol. The first kappa shape index (κ1) is 14.9. The number of methoxy groups -OCH3 is 1. The lowest BCUT2D eigenvalue weighted by atomic mass is 10.1. The second-order valence-electron chi connectivity index (χ2n) is 4.38. The van der Waals surface area contributed by atoms with Gasteiger partial charge in [-0.05, 0) is 38.4 Å². The lowest BCUT2D eigenvalue weighted by Gasteiger charge is -2.31. The number of halogens is 1. The SMILES string of the molecule is CCN(c1c(F)cccc1CCN)C(C)COC. The second kappa shape index (κ2) is 7.34. The lowest BCUT2D eigenvalue weighted by Crippen LogP contribution is -2.37. The number of likely N-dealkylation sites (N-methyl/N-ethyl adjacent to an activating group) is 1. The number of benzene rings is 1. The highest BCUT2D eigenvalue weighted by Gasteiger charge is 2.19. The van der Waals surface area contributed by atoms with Crippen molar-refractivity contribution in [2.45, 2.75) is 26.3 Å². The minimum Gasteiger partial charge on any atom is -0.383 e. The molecule has 0 spiro atoms. The Hall–Kier alpha value is -1.13. The third-order valence-electron chi connectivity index (χ3n) is 3.05. The number of hydrogen-bond donors (Lipinski definition) is 1. The van der Waals surface area contributed by atoms with E-state index in [1.807, 2.05) is 24.8 Å². The highest BCUT2D eigenvalue weighted by atomic mass is 19.1. The Morgan fingerprint density at radius 1 is 1.44 bits per heavy atom. The molecule has 1 aromatic carbocycles.